The van der Waals surface area contributed by atoms with Gasteiger partial charge in [0.25, 0.3) is 0 Å². The van der Waals surface area contributed by atoms with E-state index >= 15 is 0 Å². The minimum Gasteiger partial charge on any atom is -0.279 e. The molecule has 2 heterocycles. The summed E-state index contributed by atoms with van der Waals surface area (Å²) in [7, 11) is 2.06. The molecule has 2 aliphatic heterocycles. The highest BCUT2D eigenvalue weighted by Crippen LogP contribution is 2.65. The zero-order valence-corrected chi connectivity index (χ0v) is 14.0. The van der Waals surface area contributed by atoms with Crippen molar-refractivity contribution in [2.24, 2.45) is 0 Å². The highest BCUT2D eigenvalue weighted by Gasteiger charge is 2.63. The van der Waals surface area contributed by atoms with Crippen LogP contribution in [-0.4, -0.2) is 11.9 Å². The molecule has 0 aromatic heterocycles. The van der Waals surface area contributed by atoms with Crippen LogP contribution >= 0.6 is 0 Å². The zero-order chi connectivity index (χ0) is 17.3. The Balaban J connectivity index is 2.09. The highest BCUT2D eigenvalue weighted by molar-refractivity contribution is 5.65. The summed E-state index contributed by atoms with van der Waals surface area (Å²) >= 11 is 0. The Hall–Kier alpha value is -1.81. The second-order valence-corrected chi connectivity index (χ2v) is 6.79. The van der Waals surface area contributed by atoms with Crippen LogP contribution in [0.15, 0.2) is 42.5 Å². The third-order valence-electron chi connectivity index (χ3n) is 6.22. The number of nitrogens with zero attached hydrogens (tertiary/aromatic N) is 1. The molecule has 0 fully saturated rings. The van der Waals surface area contributed by atoms with Gasteiger partial charge in [-0.1, -0.05) is 44.2 Å². The van der Waals surface area contributed by atoms with Crippen LogP contribution < -0.4 is 0 Å². The van der Waals surface area contributed by atoms with E-state index in [1.807, 2.05) is 12.1 Å². The molecule has 2 unspecified atom stereocenters. The third kappa shape index (κ3) is 1.51. The molecule has 2 aromatic carbocycles. The zero-order valence-electron chi connectivity index (χ0n) is 14.0. The Morgan fingerprint density at radius 3 is 1.83 bits per heavy atom. The van der Waals surface area contributed by atoms with Crippen LogP contribution in [0.4, 0.5) is 13.2 Å². The van der Waals surface area contributed by atoms with Gasteiger partial charge in [0, 0.05) is 0 Å². The minimum absolute atomic E-state index is 0.327. The van der Waals surface area contributed by atoms with E-state index in [1.165, 1.54) is 17.7 Å². The highest BCUT2D eigenvalue weighted by atomic mass is 19.4. The van der Waals surface area contributed by atoms with Crippen LogP contribution in [0.25, 0.3) is 0 Å². The summed E-state index contributed by atoms with van der Waals surface area (Å²) in [6.45, 7) is 4.18. The molecule has 2 atom stereocenters. The summed E-state index contributed by atoms with van der Waals surface area (Å²) in [5.41, 5.74) is 2.89. The molecule has 4 heteroatoms. The molecule has 0 aliphatic carbocycles. The van der Waals surface area contributed by atoms with E-state index in [9.17, 15) is 13.2 Å². The third-order valence-corrected chi connectivity index (χ3v) is 6.22. The molecule has 24 heavy (non-hydrogen) atoms. The van der Waals surface area contributed by atoms with Gasteiger partial charge in [-0.25, -0.2) is 0 Å². The van der Waals surface area contributed by atoms with Crippen molar-refractivity contribution in [3.05, 3.63) is 70.3 Å². The summed E-state index contributed by atoms with van der Waals surface area (Å²) in [5, 5.41) is 0. The summed E-state index contributed by atoms with van der Waals surface area (Å²) < 4.78 is 39.9. The smallest absolute Gasteiger partial charge is 0.279 e. The maximum absolute atomic E-state index is 13.3. The number of benzene rings is 2. The molecular weight excluding hydrogens is 311 g/mol. The summed E-state index contributed by atoms with van der Waals surface area (Å²) in [6.07, 6.45) is -2.74. The van der Waals surface area contributed by atoms with Crippen LogP contribution in [0.2, 0.25) is 0 Å². The topological polar surface area (TPSA) is 3.24 Å². The molecule has 2 aromatic rings. The molecule has 0 saturated carbocycles. The molecule has 0 radical (unpaired) electrons. The second kappa shape index (κ2) is 4.63. The number of fused-ring (bicyclic) bond motifs is 8. The first-order valence-electron chi connectivity index (χ1n) is 8.40. The Bertz CT molecular complexity index is 826. The van der Waals surface area contributed by atoms with Gasteiger partial charge in [0.2, 0.25) is 0 Å². The molecule has 2 aliphatic rings. The van der Waals surface area contributed by atoms with E-state index < -0.39 is 17.3 Å². The fraction of sp³-hybridized carbons (Fsp3) is 0.400. The molecular formula is C20H20F3N. The predicted molar refractivity (Wildman–Crippen MR) is 87.8 cm³/mol. The lowest BCUT2D eigenvalue weighted by molar-refractivity contribution is -0.137. The van der Waals surface area contributed by atoms with Crippen LogP contribution in [-0.2, 0) is 17.3 Å². The monoisotopic (exact) mass is 331 g/mol. The summed E-state index contributed by atoms with van der Waals surface area (Å²) in [5.74, 6) is 0. The lowest BCUT2D eigenvalue weighted by Gasteiger charge is -2.36. The van der Waals surface area contributed by atoms with Gasteiger partial charge in [-0.15, -0.1) is 0 Å². The van der Waals surface area contributed by atoms with Gasteiger partial charge in [-0.3, -0.25) is 4.90 Å². The molecule has 0 amide bonds. The van der Waals surface area contributed by atoms with Gasteiger partial charge in [-0.2, -0.15) is 13.2 Å². The SMILES string of the molecule is CCC12c3ccccc3C(CC)(c3cc(C(F)(F)F)ccc31)N2C. The normalized spacial score (nSPS) is 28.1. The van der Waals surface area contributed by atoms with Gasteiger partial charge in [0.15, 0.2) is 0 Å². The van der Waals surface area contributed by atoms with Crippen LogP contribution in [0, 0.1) is 0 Å². The number of halogens is 3. The average molecular weight is 331 g/mol. The maximum atomic E-state index is 13.3. The van der Waals surface area contributed by atoms with E-state index in [0.717, 1.165) is 29.5 Å². The van der Waals surface area contributed by atoms with E-state index in [0.29, 0.717) is 0 Å². The van der Waals surface area contributed by atoms with Gasteiger partial charge in [0.05, 0.1) is 16.6 Å². The van der Waals surface area contributed by atoms with Crippen molar-refractivity contribution in [3.63, 3.8) is 0 Å². The van der Waals surface area contributed by atoms with E-state index in [2.05, 4.69) is 37.9 Å². The van der Waals surface area contributed by atoms with Crippen molar-refractivity contribution in [2.45, 2.75) is 43.9 Å². The first-order chi connectivity index (χ1) is 11.3. The van der Waals surface area contributed by atoms with Crippen molar-refractivity contribution in [1.29, 1.82) is 0 Å². The molecule has 0 N–H and O–H groups in total. The standard InChI is InChI=1S/C20H20F3N/c1-4-18-14-8-6-7-9-15(14)19(5-2,24(18)3)17-12-13(20(21,22)23)10-11-16(17)18/h6-12H,4-5H2,1-3H3. The van der Waals surface area contributed by atoms with Crippen molar-refractivity contribution in [1.82, 2.24) is 4.90 Å². The quantitative estimate of drug-likeness (QED) is 0.724. The summed E-state index contributed by atoms with van der Waals surface area (Å²) in [4.78, 5) is 2.30. The first kappa shape index (κ1) is 15.7. The van der Waals surface area contributed by atoms with Gasteiger partial charge >= 0.3 is 6.18 Å². The van der Waals surface area contributed by atoms with Gasteiger partial charge in [-0.05, 0) is 54.3 Å². The maximum Gasteiger partial charge on any atom is 0.416 e. The van der Waals surface area contributed by atoms with Gasteiger partial charge in [0.1, 0.15) is 0 Å². The fourth-order valence-corrected chi connectivity index (χ4v) is 5.20. The molecule has 4 rings (SSSR count). The van der Waals surface area contributed by atoms with Crippen molar-refractivity contribution >= 4 is 0 Å². The average Bonchev–Trinajstić information content (AvgIpc) is 2.93. The van der Waals surface area contributed by atoms with E-state index in [-0.39, 0.29) is 5.54 Å². The number of hydrogen-bond acceptors (Lipinski definition) is 1. The summed E-state index contributed by atoms with van der Waals surface area (Å²) in [6, 6.07) is 12.5. The number of hydrogen-bond donors (Lipinski definition) is 0. The number of alkyl halides is 3. The first-order valence-corrected chi connectivity index (χ1v) is 8.40. The van der Waals surface area contributed by atoms with Crippen LogP contribution in [0.5, 0.6) is 0 Å². The number of rotatable bonds is 2. The van der Waals surface area contributed by atoms with E-state index in [4.69, 9.17) is 0 Å². The largest absolute Gasteiger partial charge is 0.416 e. The van der Waals surface area contributed by atoms with Crippen molar-refractivity contribution in [3.8, 4) is 0 Å². The van der Waals surface area contributed by atoms with Crippen LogP contribution in [0.3, 0.4) is 0 Å². The van der Waals surface area contributed by atoms with Crippen LogP contribution in [0.1, 0.15) is 54.5 Å². The minimum atomic E-state index is -4.32. The fourth-order valence-electron chi connectivity index (χ4n) is 5.20. The Labute approximate surface area is 140 Å². The van der Waals surface area contributed by atoms with Gasteiger partial charge < -0.3 is 0 Å². The van der Waals surface area contributed by atoms with Crippen molar-refractivity contribution < 1.29 is 13.2 Å². The Morgan fingerprint density at radius 2 is 1.33 bits per heavy atom. The lowest BCUT2D eigenvalue weighted by atomic mass is 9.70. The second-order valence-electron chi connectivity index (χ2n) is 6.79. The Kier molecular flexibility index (Phi) is 3.03. The molecule has 0 spiro atoms. The van der Waals surface area contributed by atoms with Crippen molar-refractivity contribution in [2.75, 3.05) is 7.05 Å². The molecule has 0 saturated heterocycles. The molecule has 126 valence electrons. The molecule has 1 nitrogen and oxygen atoms in total. The predicted octanol–water partition coefficient (Wildman–Crippen LogP) is 5.27. The Morgan fingerprint density at radius 1 is 0.833 bits per heavy atom. The van der Waals surface area contributed by atoms with E-state index in [1.54, 1.807) is 6.07 Å². The lowest BCUT2D eigenvalue weighted by Crippen LogP contribution is -2.42. The molecule has 2 bridgehead atoms.